The molecule has 0 amide bonds. The number of carbonyl (C=O) groups is 1. The van der Waals surface area contributed by atoms with Gasteiger partial charge in [0.05, 0.1) is 6.61 Å². The summed E-state index contributed by atoms with van der Waals surface area (Å²) in [6.45, 7) is -0.550. The van der Waals surface area contributed by atoms with Gasteiger partial charge in [-0.25, -0.2) is 0 Å². The number of carboxylic acids is 1. The number of rotatable bonds is 2. The summed E-state index contributed by atoms with van der Waals surface area (Å²) < 4.78 is 43.5. The van der Waals surface area contributed by atoms with E-state index < -0.39 is 30.8 Å². The molecule has 2 N–H and O–H groups in total. The van der Waals surface area contributed by atoms with Crippen LogP contribution in [-0.2, 0) is 17.8 Å². The average Bonchev–Trinajstić information content (AvgIpc) is 2.34. The highest BCUT2D eigenvalue weighted by atomic mass is 35.5. The van der Waals surface area contributed by atoms with Crippen molar-refractivity contribution in [1.29, 1.82) is 0 Å². The van der Waals surface area contributed by atoms with E-state index in [4.69, 9.17) is 26.6 Å². The molecule has 1 heterocycles. The summed E-state index contributed by atoms with van der Waals surface area (Å²) >= 11 is 5.78. The summed E-state index contributed by atoms with van der Waals surface area (Å²) in [7, 11) is 0. The van der Waals surface area contributed by atoms with Gasteiger partial charge in [-0.3, -0.25) is 4.79 Å². The van der Waals surface area contributed by atoms with E-state index in [1.807, 2.05) is 0 Å². The zero-order chi connectivity index (χ0) is 15.1. The third-order valence-corrected chi connectivity index (χ3v) is 3.29. The van der Waals surface area contributed by atoms with Gasteiger partial charge in [-0.2, -0.15) is 13.2 Å². The Morgan fingerprint density at radius 2 is 2.10 bits per heavy atom. The molecule has 1 aliphatic rings. The molecule has 1 aliphatic heterocycles. The third kappa shape index (κ3) is 2.69. The van der Waals surface area contributed by atoms with E-state index in [0.29, 0.717) is 0 Å². The average molecular weight is 311 g/mol. The lowest BCUT2D eigenvalue weighted by Crippen LogP contribution is -2.47. The molecule has 20 heavy (non-hydrogen) atoms. The molecule has 0 spiro atoms. The molecule has 1 aromatic rings. The largest absolute Gasteiger partial charge is 0.481 e. The molecule has 0 bridgehead atoms. The van der Waals surface area contributed by atoms with Crippen LogP contribution in [0.15, 0.2) is 12.1 Å². The van der Waals surface area contributed by atoms with Gasteiger partial charge < -0.3 is 14.9 Å². The number of benzene rings is 1. The Hall–Kier alpha value is -1.47. The second-order valence-corrected chi connectivity index (χ2v) is 4.88. The molecule has 0 radical (unpaired) electrons. The number of aliphatic carboxylic acids is 1. The van der Waals surface area contributed by atoms with Crippen molar-refractivity contribution < 1.29 is 32.9 Å². The van der Waals surface area contributed by atoms with E-state index in [-0.39, 0.29) is 28.3 Å². The van der Waals surface area contributed by atoms with Crippen molar-refractivity contribution in [3.63, 3.8) is 0 Å². The van der Waals surface area contributed by atoms with Crippen LogP contribution in [0.5, 0.6) is 5.75 Å². The number of ether oxygens (including phenoxy) is 1. The maximum absolute atomic E-state index is 12.9. The summed E-state index contributed by atoms with van der Waals surface area (Å²) in [5, 5.41) is 18.3. The van der Waals surface area contributed by atoms with Crippen molar-refractivity contribution >= 4 is 17.6 Å². The van der Waals surface area contributed by atoms with E-state index in [0.717, 1.165) is 0 Å². The van der Waals surface area contributed by atoms with Gasteiger partial charge in [0.25, 0.3) is 0 Å². The van der Waals surface area contributed by atoms with E-state index in [1.165, 1.54) is 12.1 Å². The van der Waals surface area contributed by atoms with Gasteiger partial charge in [-0.15, -0.1) is 0 Å². The minimum absolute atomic E-state index is 0.102. The number of hydrogen-bond acceptors (Lipinski definition) is 3. The minimum atomic E-state index is -4.81. The lowest BCUT2D eigenvalue weighted by Gasteiger charge is -2.33. The van der Waals surface area contributed by atoms with Crippen LogP contribution in [0.2, 0.25) is 5.02 Å². The number of hydrogen-bond donors (Lipinski definition) is 2. The fourth-order valence-corrected chi connectivity index (χ4v) is 2.46. The number of aliphatic hydroxyl groups is 1. The van der Waals surface area contributed by atoms with Crippen molar-refractivity contribution in [2.75, 3.05) is 0 Å². The zero-order valence-corrected chi connectivity index (χ0v) is 10.7. The van der Waals surface area contributed by atoms with Crippen molar-refractivity contribution in [2.24, 2.45) is 5.92 Å². The third-order valence-electron chi connectivity index (χ3n) is 3.07. The summed E-state index contributed by atoms with van der Waals surface area (Å²) in [5.74, 6) is -3.48. The van der Waals surface area contributed by atoms with Crippen LogP contribution in [0.3, 0.4) is 0 Å². The number of fused-ring (bicyclic) bond motifs is 1. The molecule has 1 aromatic carbocycles. The first-order chi connectivity index (χ1) is 9.24. The SMILES string of the molecule is O=C(O)[C@@H]1Cc2cc(Cl)cc(CO)c2O[C@@H]1C(F)(F)F. The molecule has 8 heteroatoms. The Labute approximate surface area is 116 Å². The molecule has 2 rings (SSSR count). The Morgan fingerprint density at radius 3 is 2.60 bits per heavy atom. The Bertz CT molecular complexity index is 544. The molecular weight excluding hydrogens is 301 g/mol. The normalized spacial score (nSPS) is 22.1. The van der Waals surface area contributed by atoms with E-state index in [2.05, 4.69) is 0 Å². The summed E-state index contributed by atoms with van der Waals surface area (Å²) in [4.78, 5) is 11.0. The van der Waals surface area contributed by atoms with Crippen LogP contribution in [-0.4, -0.2) is 28.5 Å². The molecular formula is C12H10ClF3O4. The van der Waals surface area contributed by atoms with Crippen molar-refractivity contribution in [1.82, 2.24) is 0 Å². The first-order valence-electron chi connectivity index (χ1n) is 5.62. The molecule has 0 aliphatic carbocycles. The predicted octanol–water partition coefficient (Wildman–Crippen LogP) is 2.40. The van der Waals surface area contributed by atoms with Crippen LogP contribution in [0, 0.1) is 5.92 Å². The van der Waals surface area contributed by atoms with E-state index in [1.54, 1.807) is 0 Å². The van der Waals surface area contributed by atoms with Gasteiger partial charge in [0.2, 0.25) is 6.10 Å². The van der Waals surface area contributed by atoms with Gasteiger partial charge in [-0.1, -0.05) is 11.6 Å². The van der Waals surface area contributed by atoms with Crippen LogP contribution in [0.1, 0.15) is 11.1 Å². The fourth-order valence-electron chi connectivity index (χ4n) is 2.20. The monoisotopic (exact) mass is 310 g/mol. The lowest BCUT2D eigenvalue weighted by atomic mass is 9.89. The highest BCUT2D eigenvalue weighted by molar-refractivity contribution is 6.30. The zero-order valence-electron chi connectivity index (χ0n) is 9.95. The Kier molecular flexibility index (Phi) is 3.84. The predicted molar refractivity (Wildman–Crippen MR) is 62.7 cm³/mol. The van der Waals surface area contributed by atoms with Gasteiger partial charge in [0.15, 0.2) is 0 Å². The van der Waals surface area contributed by atoms with Crippen LogP contribution in [0.4, 0.5) is 13.2 Å². The Balaban J connectivity index is 2.50. The molecule has 4 nitrogen and oxygen atoms in total. The second-order valence-electron chi connectivity index (χ2n) is 4.44. The highest BCUT2D eigenvalue weighted by Crippen LogP contribution is 2.41. The van der Waals surface area contributed by atoms with Crippen LogP contribution < -0.4 is 4.74 Å². The summed E-state index contributed by atoms with van der Waals surface area (Å²) in [5.41, 5.74) is 0.347. The molecule has 0 fully saturated rings. The molecule has 0 unspecified atom stereocenters. The first-order valence-corrected chi connectivity index (χ1v) is 6.00. The number of alkyl halides is 3. The number of halogens is 4. The standard InChI is InChI=1S/C12H10ClF3O4/c13-7-1-5-3-8(11(18)19)10(12(14,15)16)20-9(5)6(2-7)4-17/h1-2,8,10,17H,3-4H2,(H,18,19)/t8-,10+/m1/s1. The molecule has 0 saturated heterocycles. The summed E-state index contributed by atoms with van der Waals surface area (Å²) in [6, 6.07) is 2.63. The van der Waals surface area contributed by atoms with E-state index >= 15 is 0 Å². The summed E-state index contributed by atoms with van der Waals surface area (Å²) in [6.07, 6.45) is -7.62. The molecule has 0 saturated carbocycles. The van der Waals surface area contributed by atoms with Crippen molar-refractivity contribution in [3.05, 3.63) is 28.3 Å². The Morgan fingerprint density at radius 1 is 1.45 bits per heavy atom. The lowest BCUT2D eigenvalue weighted by molar-refractivity contribution is -0.217. The minimum Gasteiger partial charge on any atom is -0.481 e. The van der Waals surface area contributed by atoms with Crippen molar-refractivity contribution in [3.8, 4) is 5.75 Å². The maximum atomic E-state index is 12.9. The topological polar surface area (TPSA) is 66.8 Å². The van der Waals surface area contributed by atoms with Gasteiger partial charge in [-0.05, 0) is 24.1 Å². The van der Waals surface area contributed by atoms with Gasteiger partial charge in [0, 0.05) is 10.6 Å². The van der Waals surface area contributed by atoms with E-state index in [9.17, 15) is 18.0 Å². The van der Waals surface area contributed by atoms with Gasteiger partial charge >= 0.3 is 12.1 Å². The van der Waals surface area contributed by atoms with Gasteiger partial charge in [0.1, 0.15) is 11.7 Å². The molecule has 0 aromatic heterocycles. The highest BCUT2D eigenvalue weighted by Gasteiger charge is 2.52. The molecule has 2 atom stereocenters. The number of carboxylic acid groups (broad SMARTS) is 1. The first kappa shape index (κ1) is 14.9. The maximum Gasteiger partial charge on any atom is 0.426 e. The van der Waals surface area contributed by atoms with Crippen molar-refractivity contribution in [2.45, 2.75) is 25.3 Å². The van der Waals surface area contributed by atoms with Crippen LogP contribution >= 0.6 is 11.6 Å². The molecule has 110 valence electrons. The van der Waals surface area contributed by atoms with Crippen LogP contribution in [0.25, 0.3) is 0 Å². The fraction of sp³-hybridized carbons (Fsp3) is 0.417. The smallest absolute Gasteiger partial charge is 0.426 e. The second kappa shape index (κ2) is 5.14. The number of aliphatic hydroxyl groups excluding tert-OH is 1. The quantitative estimate of drug-likeness (QED) is 0.880.